The molecular formula is C29H30ClN5O4S2. The Hall–Kier alpha value is -3.90. The highest BCUT2D eigenvalue weighted by atomic mass is 35.5. The molecule has 4 rings (SSSR count). The summed E-state index contributed by atoms with van der Waals surface area (Å²) < 4.78 is 33.2. The van der Waals surface area contributed by atoms with Crippen LogP contribution >= 0.6 is 22.9 Å². The maximum atomic E-state index is 13.3. The molecule has 0 unspecified atom stereocenters. The van der Waals surface area contributed by atoms with Crippen molar-refractivity contribution >= 4 is 44.6 Å². The molecule has 1 amide bonds. The molecule has 0 aliphatic heterocycles. The number of thiazole rings is 1. The monoisotopic (exact) mass is 611 g/mol. The Morgan fingerprint density at radius 3 is 2.56 bits per heavy atom. The molecule has 0 saturated carbocycles. The minimum atomic E-state index is -4.27. The summed E-state index contributed by atoms with van der Waals surface area (Å²) in [7, 11) is -4.27. The fourth-order valence-corrected chi connectivity index (χ4v) is 5.63. The topological polar surface area (TPSA) is 128 Å². The maximum absolute atomic E-state index is 13.3. The van der Waals surface area contributed by atoms with Gasteiger partial charge in [-0.05, 0) is 48.4 Å². The smallest absolute Gasteiger partial charge is 0.271 e. The number of nitrogens with zero attached hydrogens (tertiary/aromatic N) is 2. The van der Waals surface area contributed by atoms with Crippen LogP contribution in [-0.2, 0) is 16.6 Å². The number of allylic oxidation sites excluding steroid dienone is 1. The van der Waals surface area contributed by atoms with Crippen LogP contribution in [-0.4, -0.2) is 25.4 Å². The van der Waals surface area contributed by atoms with Crippen molar-refractivity contribution in [3.05, 3.63) is 100 Å². The van der Waals surface area contributed by atoms with Crippen LogP contribution in [0.15, 0.2) is 94.8 Å². The van der Waals surface area contributed by atoms with Gasteiger partial charge in [-0.2, -0.15) is 0 Å². The number of benzene rings is 3. The van der Waals surface area contributed by atoms with Crippen molar-refractivity contribution in [1.29, 1.82) is 0 Å². The van der Waals surface area contributed by atoms with Gasteiger partial charge < -0.3 is 14.6 Å². The Labute approximate surface area is 248 Å². The first kappa shape index (κ1) is 30.1. The van der Waals surface area contributed by atoms with Gasteiger partial charge in [0.25, 0.3) is 5.91 Å². The number of nitrogens with two attached hydrogens (primary N) is 1. The zero-order valence-electron chi connectivity index (χ0n) is 22.3. The standard InChI is InChI=1S/C29H30ClN5O4S2/c1-3-5-15-32-24-17-21(18-26(41(31,37)38)27(24)39-23-9-7-6-8-10-23)28(36)33-34-29-35(16-4-2)25(19-40-29)20-11-13-22(30)14-12-20/h4,6-14,17-19,32H,2-3,5,15-16H2,1H3,(H,33,36)(H2,31,37,38)/b34-29-. The first-order chi connectivity index (χ1) is 19.7. The molecule has 1 heterocycles. The van der Waals surface area contributed by atoms with E-state index < -0.39 is 15.9 Å². The van der Waals surface area contributed by atoms with E-state index in [1.807, 2.05) is 35.1 Å². The molecule has 41 heavy (non-hydrogen) atoms. The fourth-order valence-electron chi connectivity index (χ4n) is 3.93. The molecule has 0 fully saturated rings. The molecule has 12 heteroatoms. The predicted molar refractivity (Wildman–Crippen MR) is 164 cm³/mol. The molecule has 1 aromatic heterocycles. The number of unbranched alkanes of at least 4 members (excludes halogenated alkanes) is 1. The van der Waals surface area contributed by atoms with E-state index in [1.54, 1.807) is 42.5 Å². The van der Waals surface area contributed by atoms with E-state index in [0.29, 0.717) is 34.4 Å². The van der Waals surface area contributed by atoms with Crippen molar-refractivity contribution in [3.63, 3.8) is 0 Å². The summed E-state index contributed by atoms with van der Waals surface area (Å²) in [6.07, 6.45) is 3.45. The van der Waals surface area contributed by atoms with Gasteiger partial charge in [-0.3, -0.25) is 4.79 Å². The van der Waals surface area contributed by atoms with Gasteiger partial charge in [0.2, 0.25) is 14.8 Å². The van der Waals surface area contributed by atoms with E-state index in [4.69, 9.17) is 21.5 Å². The van der Waals surface area contributed by atoms with Crippen LogP contribution < -0.4 is 25.4 Å². The number of amides is 1. The van der Waals surface area contributed by atoms with Crippen LogP contribution in [0.3, 0.4) is 0 Å². The quantitative estimate of drug-likeness (QED) is 0.104. The Morgan fingerprint density at radius 2 is 1.90 bits per heavy atom. The lowest BCUT2D eigenvalue weighted by Gasteiger charge is -2.17. The van der Waals surface area contributed by atoms with Gasteiger partial charge in [0, 0.05) is 29.1 Å². The van der Waals surface area contributed by atoms with Crippen molar-refractivity contribution in [2.24, 2.45) is 10.2 Å². The molecule has 0 atom stereocenters. The Balaban J connectivity index is 1.72. The molecule has 0 radical (unpaired) electrons. The average Bonchev–Trinajstić information content (AvgIpc) is 3.35. The van der Waals surface area contributed by atoms with Crippen molar-refractivity contribution in [2.45, 2.75) is 31.2 Å². The number of sulfonamides is 1. The number of carbonyl (C=O) groups excluding carboxylic acids is 1. The average molecular weight is 612 g/mol. The molecular weight excluding hydrogens is 582 g/mol. The van der Waals surface area contributed by atoms with E-state index in [1.165, 1.54) is 23.5 Å². The third-order valence-electron chi connectivity index (χ3n) is 5.93. The second kappa shape index (κ2) is 13.6. The summed E-state index contributed by atoms with van der Waals surface area (Å²) >= 11 is 7.37. The zero-order valence-corrected chi connectivity index (χ0v) is 24.7. The molecule has 0 spiro atoms. The van der Waals surface area contributed by atoms with Gasteiger partial charge in [-0.15, -0.1) is 23.0 Å². The number of rotatable bonds is 12. The first-order valence-corrected chi connectivity index (χ1v) is 15.6. The number of ether oxygens (including phenoxy) is 1. The normalized spacial score (nSPS) is 11.7. The Bertz CT molecular complexity index is 1700. The third-order valence-corrected chi connectivity index (χ3v) is 7.97. The second-order valence-corrected chi connectivity index (χ2v) is 11.8. The summed E-state index contributed by atoms with van der Waals surface area (Å²) in [5.41, 5.74) is 4.71. The highest BCUT2D eigenvalue weighted by molar-refractivity contribution is 7.89. The van der Waals surface area contributed by atoms with Gasteiger partial charge in [-0.25, -0.2) is 19.0 Å². The van der Waals surface area contributed by atoms with Crippen LogP contribution in [0.1, 0.15) is 30.1 Å². The molecule has 4 N–H and O–H groups in total. The number of anilines is 1. The van der Waals surface area contributed by atoms with Gasteiger partial charge >= 0.3 is 0 Å². The predicted octanol–water partition coefficient (Wildman–Crippen LogP) is 5.95. The van der Waals surface area contributed by atoms with Gasteiger partial charge in [0.1, 0.15) is 10.6 Å². The van der Waals surface area contributed by atoms with Crippen LogP contribution in [0.5, 0.6) is 11.5 Å². The number of carbonyl (C=O) groups is 1. The lowest BCUT2D eigenvalue weighted by Crippen LogP contribution is -2.25. The summed E-state index contributed by atoms with van der Waals surface area (Å²) in [5, 5.41) is 15.6. The number of nitrogens with one attached hydrogen (secondary N) is 2. The minimum absolute atomic E-state index is 0.0120. The lowest BCUT2D eigenvalue weighted by molar-refractivity contribution is 0.0952. The number of aromatic nitrogens is 1. The zero-order chi connectivity index (χ0) is 29.4. The summed E-state index contributed by atoms with van der Waals surface area (Å²) in [5.74, 6) is -0.187. The molecule has 0 aliphatic rings. The van der Waals surface area contributed by atoms with Crippen LogP contribution in [0.25, 0.3) is 11.3 Å². The SMILES string of the molecule is C=CCn1c(-c2ccc(Cl)cc2)cs/c1=N\NC(=O)c1cc(NCCCC)c(Oc2ccccc2)c(S(N)(=O)=O)c1. The molecule has 9 nitrogen and oxygen atoms in total. The molecule has 214 valence electrons. The van der Waals surface area contributed by atoms with E-state index in [0.717, 1.165) is 24.1 Å². The summed E-state index contributed by atoms with van der Waals surface area (Å²) in [4.78, 5) is 13.5. The van der Waals surface area contributed by atoms with Crippen LogP contribution in [0.4, 0.5) is 5.69 Å². The van der Waals surface area contributed by atoms with Crippen molar-refractivity contribution in [3.8, 4) is 22.8 Å². The number of halogens is 1. The molecule has 0 aliphatic carbocycles. The number of primary sulfonamides is 1. The highest BCUT2D eigenvalue weighted by Gasteiger charge is 2.24. The Morgan fingerprint density at radius 1 is 1.17 bits per heavy atom. The largest absolute Gasteiger partial charge is 0.454 e. The fraction of sp³-hybridized carbons (Fsp3) is 0.172. The molecule has 0 saturated heterocycles. The highest BCUT2D eigenvalue weighted by Crippen LogP contribution is 2.37. The van der Waals surface area contributed by atoms with Crippen LogP contribution in [0, 0.1) is 0 Å². The van der Waals surface area contributed by atoms with E-state index >= 15 is 0 Å². The second-order valence-electron chi connectivity index (χ2n) is 8.95. The molecule has 3 aromatic carbocycles. The van der Waals surface area contributed by atoms with Crippen molar-refractivity contribution in [1.82, 2.24) is 9.99 Å². The van der Waals surface area contributed by atoms with Crippen LogP contribution in [0.2, 0.25) is 5.02 Å². The van der Waals surface area contributed by atoms with Gasteiger partial charge in [-0.1, -0.05) is 61.4 Å². The minimum Gasteiger partial charge on any atom is -0.454 e. The first-order valence-electron chi connectivity index (χ1n) is 12.8. The molecule has 0 bridgehead atoms. The number of hydrogen-bond acceptors (Lipinski definition) is 7. The van der Waals surface area contributed by atoms with Crippen molar-refractivity contribution in [2.75, 3.05) is 11.9 Å². The Kier molecular flexibility index (Phi) is 10.0. The van der Waals surface area contributed by atoms with Gasteiger partial charge in [0.05, 0.1) is 11.4 Å². The number of hydrogen-bond donors (Lipinski definition) is 3. The molecule has 4 aromatic rings. The number of para-hydroxylation sites is 1. The van der Waals surface area contributed by atoms with Gasteiger partial charge in [0.15, 0.2) is 5.75 Å². The van der Waals surface area contributed by atoms with Crippen molar-refractivity contribution < 1.29 is 17.9 Å². The third kappa shape index (κ3) is 7.65. The van der Waals surface area contributed by atoms with E-state index in [9.17, 15) is 13.2 Å². The maximum Gasteiger partial charge on any atom is 0.271 e. The summed E-state index contributed by atoms with van der Waals surface area (Å²) in [6, 6.07) is 18.8. The van der Waals surface area contributed by atoms with E-state index in [-0.39, 0.29) is 16.2 Å². The van der Waals surface area contributed by atoms with E-state index in [2.05, 4.69) is 22.4 Å². The lowest BCUT2D eigenvalue weighted by atomic mass is 10.1. The summed E-state index contributed by atoms with van der Waals surface area (Å²) in [6.45, 7) is 6.84.